The highest BCUT2D eigenvalue weighted by Crippen LogP contribution is 2.35. The first kappa shape index (κ1) is 20.6. The van der Waals surface area contributed by atoms with E-state index in [-0.39, 0.29) is 11.3 Å². The van der Waals surface area contributed by atoms with Gasteiger partial charge in [-0.05, 0) is 48.7 Å². The predicted molar refractivity (Wildman–Crippen MR) is 121 cm³/mol. The third kappa shape index (κ3) is 4.89. The fraction of sp³-hybridized carbons (Fsp3) is 0.250. The highest BCUT2D eigenvalue weighted by Gasteiger charge is 2.34. The van der Waals surface area contributed by atoms with Crippen LogP contribution in [0.1, 0.15) is 24.0 Å². The average molecular weight is 466 g/mol. The zero-order valence-corrected chi connectivity index (χ0v) is 18.2. The number of para-hydroxylation sites is 1. The van der Waals surface area contributed by atoms with Crippen LogP contribution >= 0.6 is 15.9 Å². The van der Waals surface area contributed by atoms with E-state index in [1.165, 1.54) is 5.56 Å². The molecule has 1 aliphatic heterocycles. The number of hydrogen-bond donors (Lipinski definition) is 1. The molecule has 4 rings (SSSR count). The van der Waals surface area contributed by atoms with Gasteiger partial charge in [0.1, 0.15) is 0 Å². The van der Waals surface area contributed by atoms with Gasteiger partial charge in [-0.3, -0.25) is 4.79 Å². The Balaban J connectivity index is 1.41. The third-order valence-electron chi connectivity index (χ3n) is 5.54. The summed E-state index contributed by atoms with van der Waals surface area (Å²) in [5.74, 6) is -0.108. The summed E-state index contributed by atoms with van der Waals surface area (Å²) in [5.41, 5.74) is 2.98. The highest BCUT2D eigenvalue weighted by molar-refractivity contribution is 9.10. The van der Waals surface area contributed by atoms with Crippen molar-refractivity contribution in [3.8, 4) is 5.69 Å². The van der Waals surface area contributed by atoms with Crippen molar-refractivity contribution in [3.63, 3.8) is 0 Å². The molecule has 30 heavy (non-hydrogen) atoms. The number of hydrogen-bond acceptors (Lipinski definition) is 3. The lowest BCUT2D eigenvalue weighted by molar-refractivity contribution is -0.116. The van der Waals surface area contributed by atoms with Gasteiger partial charge in [0, 0.05) is 47.5 Å². The minimum absolute atomic E-state index is 0.107. The van der Waals surface area contributed by atoms with Crippen molar-refractivity contribution in [2.24, 2.45) is 0 Å². The largest absolute Gasteiger partial charge is 0.381 e. The van der Waals surface area contributed by atoms with Crippen LogP contribution < -0.4 is 5.32 Å². The number of nitrogens with one attached hydrogen (secondary N) is 1. The zero-order chi connectivity index (χ0) is 20.8. The molecule has 1 N–H and O–H groups in total. The molecule has 0 atom stereocenters. The fourth-order valence-electron chi connectivity index (χ4n) is 3.78. The Hall–Kier alpha value is -2.70. The molecule has 1 saturated heterocycles. The SMILES string of the molecule is O=C(/C=C/c1cnn(-c2ccccc2)c1)NCC1(c2cccc(Br)c2)CCOCC1. The molecule has 0 radical (unpaired) electrons. The Morgan fingerprint density at radius 3 is 2.73 bits per heavy atom. The smallest absolute Gasteiger partial charge is 0.244 e. The van der Waals surface area contributed by atoms with Gasteiger partial charge in [0.05, 0.1) is 11.9 Å². The number of carbonyl (C=O) groups excluding carboxylic acids is 1. The molecule has 0 bridgehead atoms. The van der Waals surface area contributed by atoms with E-state index in [0.29, 0.717) is 19.8 Å². The summed E-state index contributed by atoms with van der Waals surface area (Å²) in [7, 11) is 0. The number of rotatable bonds is 6. The van der Waals surface area contributed by atoms with Crippen LogP contribution in [0.15, 0.2) is 77.5 Å². The minimum Gasteiger partial charge on any atom is -0.381 e. The average Bonchev–Trinajstić information content (AvgIpc) is 3.27. The van der Waals surface area contributed by atoms with Crippen LogP contribution in [0.5, 0.6) is 0 Å². The number of carbonyl (C=O) groups is 1. The maximum atomic E-state index is 12.5. The van der Waals surface area contributed by atoms with Gasteiger partial charge < -0.3 is 10.1 Å². The molecule has 6 heteroatoms. The zero-order valence-electron chi connectivity index (χ0n) is 16.6. The number of nitrogens with zero attached hydrogens (tertiary/aromatic N) is 2. The fourth-order valence-corrected chi connectivity index (χ4v) is 4.18. The summed E-state index contributed by atoms with van der Waals surface area (Å²) < 4.78 is 8.42. The summed E-state index contributed by atoms with van der Waals surface area (Å²) >= 11 is 3.56. The molecule has 0 saturated carbocycles. The van der Waals surface area contributed by atoms with Crippen molar-refractivity contribution < 1.29 is 9.53 Å². The molecule has 5 nitrogen and oxygen atoms in total. The number of halogens is 1. The molecule has 0 spiro atoms. The van der Waals surface area contributed by atoms with Crippen LogP contribution in [0.4, 0.5) is 0 Å². The summed E-state index contributed by atoms with van der Waals surface area (Å²) in [4.78, 5) is 12.5. The summed E-state index contributed by atoms with van der Waals surface area (Å²) in [6.07, 6.45) is 8.78. The number of ether oxygens (including phenoxy) is 1. The van der Waals surface area contributed by atoms with Crippen LogP contribution in [-0.2, 0) is 14.9 Å². The van der Waals surface area contributed by atoms with Crippen LogP contribution in [0.25, 0.3) is 11.8 Å². The molecule has 1 aromatic heterocycles. The second-order valence-corrected chi connectivity index (χ2v) is 8.42. The van der Waals surface area contributed by atoms with Crippen molar-refractivity contribution in [1.29, 1.82) is 0 Å². The monoisotopic (exact) mass is 465 g/mol. The third-order valence-corrected chi connectivity index (χ3v) is 6.03. The maximum Gasteiger partial charge on any atom is 0.244 e. The molecule has 1 amide bonds. The lowest BCUT2D eigenvalue weighted by Gasteiger charge is -2.38. The van der Waals surface area contributed by atoms with Gasteiger partial charge in [-0.25, -0.2) is 4.68 Å². The Morgan fingerprint density at radius 1 is 1.17 bits per heavy atom. The second-order valence-electron chi connectivity index (χ2n) is 7.51. The molecule has 2 aromatic carbocycles. The van der Waals surface area contributed by atoms with Crippen molar-refractivity contribution in [1.82, 2.24) is 15.1 Å². The normalized spacial score (nSPS) is 15.9. The lowest BCUT2D eigenvalue weighted by atomic mass is 9.74. The predicted octanol–water partition coefficient (Wildman–Crippen LogP) is 4.51. The van der Waals surface area contributed by atoms with E-state index in [9.17, 15) is 4.79 Å². The van der Waals surface area contributed by atoms with Gasteiger partial charge >= 0.3 is 0 Å². The molecule has 154 valence electrons. The van der Waals surface area contributed by atoms with E-state index >= 15 is 0 Å². The van der Waals surface area contributed by atoms with Crippen molar-refractivity contribution in [3.05, 3.63) is 88.7 Å². The highest BCUT2D eigenvalue weighted by atomic mass is 79.9. The van der Waals surface area contributed by atoms with Gasteiger partial charge in [0.2, 0.25) is 5.91 Å². The van der Waals surface area contributed by atoms with Crippen molar-refractivity contribution in [2.75, 3.05) is 19.8 Å². The quantitative estimate of drug-likeness (QED) is 0.544. The summed E-state index contributed by atoms with van der Waals surface area (Å²) in [6.45, 7) is 1.99. The van der Waals surface area contributed by atoms with E-state index < -0.39 is 0 Å². The van der Waals surface area contributed by atoms with Gasteiger partial charge in [-0.15, -0.1) is 0 Å². The Morgan fingerprint density at radius 2 is 1.97 bits per heavy atom. The van der Waals surface area contributed by atoms with Crippen LogP contribution in [0.2, 0.25) is 0 Å². The summed E-state index contributed by atoms with van der Waals surface area (Å²) in [6, 6.07) is 18.2. The minimum atomic E-state index is -0.108. The first-order valence-corrected chi connectivity index (χ1v) is 10.8. The Labute approximate surface area is 184 Å². The first-order valence-electron chi connectivity index (χ1n) is 10.0. The van der Waals surface area contributed by atoms with E-state index in [2.05, 4.69) is 38.5 Å². The molecular formula is C24H24BrN3O2. The van der Waals surface area contributed by atoms with Gasteiger partial charge in [0.25, 0.3) is 0 Å². The molecule has 2 heterocycles. The van der Waals surface area contributed by atoms with E-state index in [4.69, 9.17) is 4.74 Å². The number of aromatic nitrogens is 2. The standard InChI is InChI=1S/C24H24BrN3O2/c25-21-6-4-5-20(15-21)24(11-13-30-14-12-24)18-26-23(29)10-9-19-16-27-28(17-19)22-7-2-1-3-8-22/h1-10,15-17H,11-14,18H2,(H,26,29)/b10-9+. The van der Waals surface area contributed by atoms with Gasteiger partial charge in [-0.1, -0.05) is 46.3 Å². The topological polar surface area (TPSA) is 56.2 Å². The van der Waals surface area contributed by atoms with Crippen molar-refractivity contribution in [2.45, 2.75) is 18.3 Å². The number of benzene rings is 2. The maximum absolute atomic E-state index is 12.5. The Kier molecular flexibility index (Phi) is 6.45. The van der Waals surface area contributed by atoms with Crippen LogP contribution in [0.3, 0.4) is 0 Å². The van der Waals surface area contributed by atoms with Crippen molar-refractivity contribution >= 4 is 27.9 Å². The molecule has 3 aromatic rings. The lowest BCUT2D eigenvalue weighted by Crippen LogP contribution is -2.44. The van der Waals surface area contributed by atoms with Gasteiger partial charge in [-0.2, -0.15) is 5.10 Å². The molecule has 0 aliphatic carbocycles. The number of amides is 1. The first-order chi connectivity index (χ1) is 14.6. The van der Waals surface area contributed by atoms with E-state index in [0.717, 1.165) is 28.6 Å². The molecule has 1 aliphatic rings. The van der Waals surface area contributed by atoms with Crippen LogP contribution in [0, 0.1) is 0 Å². The van der Waals surface area contributed by atoms with Crippen LogP contribution in [-0.4, -0.2) is 35.4 Å². The Bertz CT molecular complexity index is 1020. The molecule has 0 unspecified atom stereocenters. The van der Waals surface area contributed by atoms with Gasteiger partial charge in [0.15, 0.2) is 0 Å². The summed E-state index contributed by atoms with van der Waals surface area (Å²) in [5, 5.41) is 7.45. The van der Waals surface area contributed by atoms with E-state index in [1.54, 1.807) is 23.0 Å². The molecule has 1 fully saturated rings. The van der Waals surface area contributed by atoms with E-state index in [1.807, 2.05) is 48.7 Å². The molecular weight excluding hydrogens is 442 g/mol. The second kappa shape index (κ2) is 9.41.